The molecule has 5 nitrogen and oxygen atoms in total. The quantitative estimate of drug-likeness (QED) is 0.268. The number of carbonyl (C=O) groups is 1. The minimum Gasteiger partial charge on any atom is -0.494 e. The lowest BCUT2D eigenvalue weighted by molar-refractivity contribution is 0.103. The number of aryl methyl sites for hydroxylation is 1. The van der Waals surface area contributed by atoms with Crippen molar-refractivity contribution in [1.29, 1.82) is 0 Å². The second-order valence-electron chi connectivity index (χ2n) is 8.36. The van der Waals surface area contributed by atoms with Crippen LogP contribution in [-0.2, 0) is 6.42 Å². The van der Waals surface area contributed by atoms with Crippen LogP contribution in [0.4, 0.5) is 5.69 Å². The van der Waals surface area contributed by atoms with Crippen LogP contribution in [0, 0.1) is 0 Å². The highest BCUT2D eigenvalue weighted by atomic mass is 16.5. The van der Waals surface area contributed by atoms with Gasteiger partial charge >= 0.3 is 0 Å². The summed E-state index contributed by atoms with van der Waals surface area (Å²) in [5, 5.41) is 0.790. The van der Waals surface area contributed by atoms with Crippen molar-refractivity contribution in [3.05, 3.63) is 59.4 Å². The second-order valence-corrected chi connectivity index (χ2v) is 8.36. The van der Waals surface area contributed by atoms with E-state index in [2.05, 4.69) is 11.8 Å². The first-order valence-corrected chi connectivity index (χ1v) is 11.5. The molecule has 0 bridgehead atoms. The number of anilines is 1. The highest BCUT2D eigenvalue weighted by molar-refractivity contribution is 6.17. The molecule has 1 aliphatic heterocycles. The monoisotopic (exact) mass is 420 g/mol. The maximum Gasteiger partial charge on any atom is 0.197 e. The number of fused-ring (bicyclic) bond motifs is 1. The lowest BCUT2D eigenvalue weighted by atomic mass is 9.98. The first-order valence-electron chi connectivity index (χ1n) is 11.5. The number of nitrogens with zero attached hydrogens (tertiary/aromatic N) is 1. The normalized spacial score (nSPS) is 14.4. The number of hydrogen-bond donors (Lipinski definition) is 1. The van der Waals surface area contributed by atoms with Crippen molar-refractivity contribution in [2.45, 2.75) is 45.4 Å². The van der Waals surface area contributed by atoms with Gasteiger partial charge in [-0.3, -0.25) is 4.79 Å². The lowest BCUT2D eigenvalue weighted by Gasteiger charge is -2.14. The van der Waals surface area contributed by atoms with Crippen LogP contribution in [-0.4, -0.2) is 36.9 Å². The van der Waals surface area contributed by atoms with E-state index in [0.717, 1.165) is 49.1 Å². The van der Waals surface area contributed by atoms with Crippen LogP contribution in [0.25, 0.3) is 11.0 Å². The van der Waals surface area contributed by atoms with Crippen LogP contribution >= 0.6 is 0 Å². The number of unbranched alkanes of at least 4 members (excludes halogenated alkanes) is 1. The van der Waals surface area contributed by atoms with Crippen molar-refractivity contribution < 1.29 is 13.9 Å². The molecule has 5 heteroatoms. The van der Waals surface area contributed by atoms with Gasteiger partial charge in [-0.15, -0.1) is 0 Å². The van der Waals surface area contributed by atoms with Crippen LogP contribution in [0.15, 0.2) is 46.9 Å². The molecule has 1 fully saturated rings. The van der Waals surface area contributed by atoms with E-state index >= 15 is 0 Å². The first-order chi connectivity index (χ1) is 15.2. The number of rotatable bonds is 10. The van der Waals surface area contributed by atoms with Crippen molar-refractivity contribution in [1.82, 2.24) is 4.90 Å². The van der Waals surface area contributed by atoms with Crippen LogP contribution in [0.5, 0.6) is 5.75 Å². The number of carbonyl (C=O) groups excluding carboxylic acids is 1. The van der Waals surface area contributed by atoms with Gasteiger partial charge in [0.25, 0.3) is 0 Å². The molecule has 1 aromatic heterocycles. The Labute approximate surface area is 184 Å². The number of likely N-dealkylation sites (tertiary alicyclic amines) is 1. The van der Waals surface area contributed by atoms with Gasteiger partial charge in [-0.2, -0.15) is 0 Å². The number of hydrogen-bond acceptors (Lipinski definition) is 5. The van der Waals surface area contributed by atoms with Crippen molar-refractivity contribution in [3.8, 4) is 5.75 Å². The Morgan fingerprint density at radius 3 is 2.61 bits per heavy atom. The molecule has 0 amide bonds. The van der Waals surface area contributed by atoms with E-state index in [9.17, 15) is 4.79 Å². The Balaban J connectivity index is 1.46. The number of nitrogen functional groups attached to an aromatic ring is 1. The van der Waals surface area contributed by atoms with Gasteiger partial charge in [-0.1, -0.05) is 13.3 Å². The Bertz CT molecular complexity index is 1020. The maximum atomic E-state index is 13.4. The molecule has 0 aliphatic carbocycles. The van der Waals surface area contributed by atoms with Crippen molar-refractivity contribution in [3.63, 3.8) is 0 Å². The van der Waals surface area contributed by atoms with Crippen LogP contribution < -0.4 is 10.5 Å². The van der Waals surface area contributed by atoms with Crippen molar-refractivity contribution in [2.75, 3.05) is 32.0 Å². The molecule has 2 aromatic carbocycles. The predicted molar refractivity (Wildman–Crippen MR) is 125 cm³/mol. The van der Waals surface area contributed by atoms with E-state index in [1.54, 1.807) is 6.07 Å². The average Bonchev–Trinajstić information content (AvgIpc) is 3.42. The molecule has 164 valence electrons. The molecule has 1 aliphatic rings. The van der Waals surface area contributed by atoms with Crippen LogP contribution in [0.3, 0.4) is 0 Å². The zero-order valence-corrected chi connectivity index (χ0v) is 18.4. The molecular formula is C26H32N2O3. The highest BCUT2D eigenvalue weighted by Gasteiger charge is 2.22. The van der Waals surface area contributed by atoms with E-state index in [1.807, 2.05) is 36.4 Å². The molecule has 2 heterocycles. The third-order valence-electron chi connectivity index (χ3n) is 5.97. The van der Waals surface area contributed by atoms with Gasteiger partial charge in [0.15, 0.2) is 5.78 Å². The van der Waals surface area contributed by atoms with Gasteiger partial charge in [0.1, 0.15) is 17.1 Å². The number of furan rings is 1. The minimum absolute atomic E-state index is 0.0314. The summed E-state index contributed by atoms with van der Waals surface area (Å²) < 4.78 is 11.9. The van der Waals surface area contributed by atoms with Crippen LogP contribution in [0.1, 0.15) is 60.7 Å². The zero-order chi connectivity index (χ0) is 21.6. The number of benzene rings is 2. The molecule has 1 saturated heterocycles. The fourth-order valence-electron chi connectivity index (χ4n) is 4.26. The van der Waals surface area contributed by atoms with Gasteiger partial charge in [-0.25, -0.2) is 0 Å². The van der Waals surface area contributed by atoms with Crippen molar-refractivity contribution in [2.24, 2.45) is 0 Å². The molecule has 0 radical (unpaired) electrons. The van der Waals surface area contributed by atoms with E-state index in [1.165, 1.54) is 25.9 Å². The molecule has 0 unspecified atom stereocenters. The summed E-state index contributed by atoms with van der Waals surface area (Å²) in [7, 11) is 0. The summed E-state index contributed by atoms with van der Waals surface area (Å²) in [6.45, 7) is 6.34. The van der Waals surface area contributed by atoms with E-state index in [-0.39, 0.29) is 5.78 Å². The smallest absolute Gasteiger partial charge is 0.197 e. The summed E-state index contributed by atoms with van der Waals surface area (Å²) in [6.07, 6.45) is 6.40. The topological polar surface area (TPSA) is 68.7 Å². The summed E-state index contributed by atoms with van der Waals surface area (Å²) in [5.74, 6) is 1.51. The summed E-state index contributed by atoms with van der Waals surface area (Å²) in [5.41, 5.74) is 8.59. The molecule has 31 heavy (non-hydrogen) atoms. The predicted octanol–water partition coefficient (Wildman–Crippen LogP) is 5.45. The SMILES string of the molecule is CCCCc1oc2ccc(N)cc2c1C(=O)c1ccc(OCCCN2CCCC2)cc1. The highest BCUT2D eigenvalue weighted by Crippen LogP contribution is 2.31. The van der Waals surface area contributed by atoms with E-state index in [4.69, 9.17) is 14.9 Å². The van der Waals surface area contributed by atoms with Gasteiger partial charge < -0.3 is 19.8 Å². The molecule has 0 saturated carbocycles. The number of nitrogens with two attached hydrogens (primary N) is 1. The fraction of sp³-hybridized carbons (Fsp3) is 0.423. The maximum absolute atomic E-state index is 13.4. The lowest BCUT2D eigenvalue weighted by Crippen LogP contribution is -2.21. The number of ether oxygens (including phenoxy) is 1. The second kappa shape index (κ2) is 10.0. The van der Waals surface area contributed by atoms with Crippen molar-refractivity contribution >= 4 is 22.4 Å². The molecule has 4 rings (SSSR count). The van der Waals surface area contributed by atoms with Gasteiger partial charge in [0.2, 0.25) is 0 Å². The molecule has 0 atom stereocenters. The number of ketones is 1. The van der Waals surface area contributed by atoms with Gasteiger partial charge in [-0.05, 0) is 81.2 Å². The Morgan fingerprint density at radius 2 is 1.87 bits per heavy atom. The minimum atomic E-state index is -0.0314. The van der Waals surface area contributed by atoms with Gasteiger partial charge in [0, 0.05) is 29.6 Å². The Morgan fingerprint density at radius 1 is 1.10 bits per heavy atom. The third kappa shape index (κ3) is 5.10. The zero-order valence-electron chi connectivity index (χ0n) is 18.4. The largest absolute Gasteiger partial charge is 0.494 e. The standard InChI is InChI=1S/C26H32N2O3/c1-2-3-7-24-25(22-18-20(27)10-13-23(22)31-24)26(29)19-8-11-21(12-9-19)30-17-6-16-28-14-4-5-15-28/h8-13,18H,2-7,14-17,27H2,1H3. The molecule has 3 aromatic rings. The summed E-state index contributed by atoms with van der Waals surface area (Å²) in [6, 6.07) is 12.9. The van der Waals surface area contributed by atoms with Gasteiger partial charge in [0.05, 0.1) is 12.2 Å². The van der Waals surface area contributed by atoms with E-state index < -0.39 is 0 Å². The average molecular weight is 421 g/mol. The Hall–Kier alpha value is -2.79. The summed E-state index contributed by atoms with van der Waals surface area (Å²) >= 11 is 0. The Kier molecular flexibility index (Phi) is 6.92. The van der Waals surface area contributed by atoms with Crippen LogP contribution in [0.2, 0.25) is 0 Å². The molecule has 2 N–H and O–H groups in total. The molecule has 0 spiro atoms. The molecular weight excluding hydrogens is 388 g/mol. The van der Waals surface area contributed by atoms with E-state index in [0.29, 0.717) is 29.0 Å². The summed E-state index contributed by atoms with van der Waals surface area (Å²) in [4.78, 5) is 15.9. The third-order valence-corrected chi connectivity index (χ3v) is 5.97. The first kappa shape index (κ1) is 21.4. The fourth-order valence-corrected chi connectivity index (χ4v) is 4.26.